The molecule has 0 aliphatic heterocycles. The van der Waals surface area contributed by atoms with Crippen molar-refractivity contribution in [1.29, 1.82) is 0 Å². The fourth-order valence-corrected chi connectivity index (χ4v) is 2.92. The van der Waals surface area contributed by atoms with Crippen LogP contribution >= 0.6 is 0 Å². The van der Waals surface area contributed by atoms with Gasteiger partial charge in [0, 0.05) is 22.8 Å². The van der Waals surface area contributed by atoms with Gasteiger partial charge in [0.2, 0.25) is 0 Å². The van der Waals surface area contributed by atoms with E-state index in [0.717, 1.165) is 10.3 Å². The first-order valence-electron chi connectivity index (χ1n) is 9.38. The highest BCUT2D eigenvalue weighted by Crippen LogP contribution is 2.19. The van der Waals surface area contributed by atoms with Crippen molar-refractivity contribution in [2.75, 3.05) is 11.9 Å². The molecule has 4 aromatic rings. The predicted molar refractivity (Wildman–Crippen MR) is 109 cm³/mol. The fraction of sp³-hybridized carbons (Fsp3) is 0.100. The lowest BCUT2D eigenvalue weighted by Gasteiger charge is -2.06. The number of Topliss-reactive ketones (excluding diaryl/α,β-unsaturated/α-hetero) is 1. The number of ketones is 1. The Bertz CT molecular complexity index is 1340. The number of fused-ring (bicyclic) bond motifs is 1. The van der Waals surface area contributed by atoms with E-state index in [0.29, 0.717) is 16.8 Å². The molecule has 0 spiro atoms. The van der Waals surface area contributed by atoms with Crippen LogP contribution in [0.25, 0.3) is 16.6 Å². The zero-order valence-electron chi connectivity index (χ0n) is 16.6. The summed E-state index contributed by atoms with van der Waals surface area (Å²) in [4.78, 5) is 40.5. The first-order chi connectivity index (χ1) is 15.7. The first-order valence-corrected chi connectivity index (χ1v) is 9.38. The van der Waals surface area contributed by atoms with Crippen LogP contribution in [0.3, 0.4) is 0 Å². The average molecular weight is 457 g/mol. The van der Waals surface area contributed by atoms with Gasteiger partial charge < -0.3 is 15.6 Å². The van der Waals surface area contributed by atoms with Crippen molar-refractivity contribution in [1.82, 2.24) is 30.5 Å². The number of halogens is 3. The Morgan fingerprint density at radius 2 is 1.76 bits per heavy atom. The third-order valence-corrected chi connectivity index (χ3v) is 4.46. The van der Waals surface area contributed by atoms with Crippen LogP contribution in [0.15, 0.2) is 54.7 Å². The number of H-pyrrole nitrogens is 1. The van der Waals surface area contributed by atoms with Crippen LogP contribution in [0.2, 0.25) is 0 Å². The quantitative estimate of drug-likeness (QED) is 0.300. The first kappa shape index (κ1) is 21.7. The Kier molecular flexibility index (Phi) is 5.60. The molecule has 0 unspecified atom stereocenters. The molecule has 2 amide bonds. The zero-order valence-corrected chi connectivity index (χ0v) is 16.6. The van der Waals surface area contributed by atoms with Crippen LogP contribution in [0.1, 0.15) is 21.0 Å². The van der Waals surface area contributed by atoms with Crippen LogP contribution in [-0.2, 0) is 4.79 Å². The lowest BCUT2D eigenvalue weighted by Crippen LogP contribution is -2.34. The van der Waals surface area contributed by atoms with Crippen molar-refractivity contribution in [3.05, 3.63) is 66.1 Å². The monoisotopic (exact) mass is 457 g/mol. The van der Waals surface area contributed by atoms with E-state index >= 15 is 0 Å². The second-order valence-electron chi connectivity index (χ2n) is 6.78. The van der Waals surface area contributed by atoms with E-state index in [2.05, 4.69) is 25.7 Å². The Morgan fingerprint density at radius 1 is 1.03 bits per heavy atom. The highest BCUT2D eigenvalue weighted by Gasteiger charge is 2.29. The zero-order chi connectivity index (χ0) is 23.6. The summed E-state index contributed by atoms with van der Waals surface area (Å²) in [5.41, 5.74) is 1.59. The van der Waals surface area contributed by atoms with E-state index in [9.17, 15) is 27.6 Å². The molecule has 0 atom stereocenters. The number of alkyl halides is 3. The lowest BCUT2D eigenvalue weighted by molar-refractivity contribution is -0.123. The van der Waals surface area contributed by atoms with Crippen LogP contribution < -0.4 is 10.6 Å². The predicted octanol–water partition coefficient (Wildman–Crippen LogP) is 2.26. The molecule has 0 radical (unpaired) electrons. The molecule has 13 heteroatoms. The number of nitrogens with one attached hydrogen (secondary N) is 3. The summed E-state index contributed by atoms with van der Waals surface area (Å²) in [5, 5.41) is 15.5. The summed E-state index contributed by atoms with van der Waals surface area (Å²) in [6, 6.07) is 12.9. The number of tetrazole rings is 1. The number of hydrogen-bond donors (Lipinski definition) is 3. The van der Waals surface area contributed by atoms with Crippen LogP contribution in [0.4, 0.5) is 18.9 Å². The number of anilines is 1. The molecule has 2 aromatic carbocycles. The topological polar surface area (TPSA) is 135 Å². The van der Waals surface area contributed by atoms with Gasteiger partial charge in [-0.25, -0.2) is 0 Å². The number of nitrogens with zero attached hydrogens (tertiary/aromatic N) is 4. The third-order valence-electron chi connectivity index (χ3n) is 4.46. The third kappa shape index (κ3) is 4.87. The summed E-state index contributed by atoms with van der Waals surface area (Å²) >= 11 is 0. The molecule has 0 saturated heterocycles. The SMILES string of the molecule is O=C(Nc1ccc(-n2nnc(C(=O)NCC(F)(F)F)n2)cc1)C(=O)c1c[nH]c2ccccc12. The molecule has 2 heterocycles. The molecule has 2 aromatic heterocycles. The molecule has 0 saturated carbocycles. The second kappa shape index (κ2) is 8.53. The van der Waals surface area contributed by atoms with Gasteiger partial charge in [-0.05, 0) is 35.5 Å². The van der Waals surface area contributed by atoms with Gasteiger partial charge in [-0.3, -0.25) is 14.4 Å². The van der Waals surface area contributed by atoms with E-state index < -0.39 is 36.1 Å². The van der Waals surface area contributed by atoms with Crippen molar-refractivity contribution >= 4 is 34.2 Å². The highest BCUT2D eigenvalue weighted by atomic mass is 19.4. The average Bonchev–Trinajstić information content (AvgIpc) is 3.45. The van der Waals surface area contributed by atoms with Crippen LogP contribution in [0.5, 0.6) is 0 Å². The van der Waals surface area contributed by atoms with Crippen molar-refractivity contribution in [2.24, 2.45) is 0 Å². The number of hydrogen-bond acceptors (Lipinski definition) is 6. The molecular weight excluding hydrogens is 443 g/mol. The Hall–Kier alpha value is -4.55. The molecule has 33 heavy (non-hydrogen) atoms. The Morgan fingerprint density at radius 3 is 2.48 bits per heavy atom. The Balaban J connectivity index is 1.41. The molecule has 4 rings (SSSR count). The molecule has 168 valence electrons. The van der Waals surface area contributed by atoms with Gasteiger partial charge in [0.25, 0.3) is 23.4 Å². The molecule has 0 bridgehead atoms. The number of amides is 2. The fourth-order valence-electron chi connectivity index (χ4n) is 2.92. The van der Waals surface area contributed by atoms with Crippen molar-refractivity contribution in [3.63, 3.8) is 0 Å². The smallest absolute Gasteiger partial charge is 0.360 e. The lowest BCUT2D eigenvalue weighted by atomic mass is 10.1. The number of carbonyl (C=O) groups excluding carboxylic acids is 3. The second-order valence-corrected chi connectivity index (χ2v) is 6.78. The van der Waals surface area contributed by atoms with Crippen molar-refractivity contribution in [2.45, 2.75) is 6.18 Å². The van der Waals surface area contributed by atoms with E-state index in [1.165, 1.54) is 30.5 Å². The summed E-state index contributed by atoms with van der Waals surface area (Å²) < 4.78 is 36.6. The van der Waals surface area contributed by atoms with Gasteiger partial charge in [-0.15, -0.1) is 15.0 Å². The normalized spacial score (nSPS) is 11.4. The number of aromatic nitrogens is 5. The summed E-state index contributed by atoms with van der Waals surface area (Å²) in [6.45, 7) is -1.52. The van der Waals surface area contributed by atoms with Gasteiger partial charge in [0.1, 0.15) is 6.54 Å². The number of benzene rings is 2. The van der Waals surface area contributed by atoms with Crippen LogP contribution in [0, 0.1) is 0 Å². The summed E-state index contributed by atoms with van der Waals surface area (Å²) in [5.74, 6) is -3.22. The minimum absolute atomic E-state index is 0.239. The number of carbonyl (C=O) groups is 3. The largest absolute Gasteiger partial charge is 0.405 e. The molecule has 0 fully saturated rings. The summed E-state index contributed by atoms with van der Waals surface area (Å²) in [7, 11) is 0. The number of para-hydroxylation sites is 1. The minimum Gasteiger partial charge on any atom is -0.360 e. The van der Waals surface area contributed by atoms with Crippen LogP contribution in [-0.4, -0.2) is 55.5 Å². The van der Waals surface area contributed by atoms with E-state index in [4.69, 9.17) is 0 Å². The maximum absolute atomic E-state index is 12.5. The van der Waals surface area contributed by atoms with E-state index in [-0.39, 0.29) is 5.56 Å². The van der Waals surface area contributed by atoms with Gasteiger partial charge in [-0.2, -0.15) is 13.2 Å². The number of aromatic amines is 1. The standard InChI is InChI=1S/C20H14F3N7O3/c21-20(22,23)10-25-19(33)17-27-29-30(28-17)12-7-5-11(6-8-12)26-18(32)16(31)14-9-24-15-4-2-1-3-13(14)15/h1-9,24H,10H2,(H,25,33)(H,26,32). The molecule has 0 aliphatic rings. The molecular formula is C20H14F3N7O3. The maximum atomic E-state index is 12.5. The van der Waals surface area contributed by atoms with Gasteiger partial charge in [0.15, 0.2) is 0 Å². The van der Waals surface area contributed by atoms with Gasteiger partial charge in [-0.1, -0.05) is 18.2 Å². The van der Waals surface area contributed by atoms with Crippen molar-refractivity contribution in [3.8, 4) is 5.69 Å². The van der Waals surface area contributed by atoms with E-state index in [1.807, 2.05) is 0 Å². The molecule has 10 nitrogen and oxygen atoms in total. The molecule has 3 N–H and O–H groups in total. The summed E-state index contributed by atoms with van der Waals surface area (Å²) in [6.07, 6.45) is -3.10. The van der Waals surface area contributed by atoms with E-state index in [1.54, 1.807) is 29.6 Å². The maximum Gasteiger partial charge on any atom is 0.405 e. The minimum atomic E-state index is -4.57. The van der Waals surface area contributed by atoms with Gasteiger partial charge >= 0.3 is 6.18 Å². The Labute approximate surface area is 182 Å². The van der Waals surface area contributed by atoms with Gasteiger partial charge in [0.05, 0.1) is 11.3 Å². The molecule has 0 aliphatic carbocycles. The highest BCUT2D eigenvalue weighted by molar-refractivity contribution is 6.48. The van der Waals surface area contributed by atoms with Crippen molar-refractivity contribution < 1.29 is 27.6 Å². The number of rotatable bonds is 6.